The molecule has 0 N–H and O–H groups in total. The molecule has 198 valence electrons. The molecule has 0 aromatic heterocycles. The highest BCUT2D eigenvalue weighted by molar-refractivity contribution is 8.40. The molecule has 7 rings (SSSR count). The van der Waals surface area contributed by atoms with Gasteiger partial charge in [-0.05, 0) is 112 Å². The lowest BCUT2D eigenvalue weighted by atomic mass is 9.81. The second-order valence-electron chi connectivity index (χ2n) is 13.4. The lowest BCUT2D eigenvalue weighted by molar-refractivity contribution is 0.300. The maximum atomic E-state index is 7.83. The molecule has 6 bridgehead atoms. The molecule has 0 amide bonds. The van der Waals surface area contributed by atoms with Gasteiger partial charge in [0.2, 0.25) is 0 Å². The molecule has 5 aliphatic heterocycles. The maximum absolute atomic E-state index is 7.83. The van der Waals surface area contributed by atoms with Gasteiger partial charge in [0, 0.05) is 7.61 Å². The lowest BCUT2D eigenvalue weighted by Gasteiger charge is -2.44. The summed E-state index contributed by atoms with van der Waals surface area (Å²) in [7, 11) is 0.276. The fraction of sp³-hybridized carbons (Fsp3) is 0.594. The first-order valence-electron chi connectivity index (χ1n) is 14.1. The van der Waals surface area contributed by atoms with Gasteiger partial charge >= 0.3 is 0 Å². The van der Waals surface area contributed by atoms with Crippen molar-refractivity contribution < 1.29 is 4.52 Å². The van der Waals surface area contributed by atoms with E-state index < -0.39 is 23.7 Å². The Labute approximate surface area is 231 Å². The van der Waals surface area contributed by atoms with Gasteiger partial charge in [-0.25, -0.2) is 0 Å². The highest BCUT2D eigenvalue weighted by atomic mass is 32.0. The average Bonchev–Trinajstić information content (AvgIpc) is 3.07. The summed E-state index contributed by atoms with van der Waals surface area (Å²) >= 11 is 0. The highest BCUT2D eigenvalue weighted by Crippen LogP contribution is 3.29. The minimum atomic E-state index is -0.536. The van der Waals surface area contributed by atoms with E-state index in [9.17, 15) is 0 Å². The van der Waals surface area contributed by atoms with E-state index in [-0.39, 0.29) is 20.8 Å². The third-order valence-electron chi connectivity index (χ3n) is 10.2. The van der Waals surface area contributed by atoms with Crippen LogP contribution in [0.3, 0.4) is 0 Å². The van der Waals surface area contributed by atoms with Gasteiger partial charge in [0.1, 0.15) is 5.08 Å². The summed E-state index contributed by atoms with van der Waals surface area (Å²) < 4.78 is 7.83. The summed E-state index contributed by atoms with van der Waals surface area (Å²) in [6, 6.07) is 9.81. The molecule has 4 saturated heterocycles. The molecule has 6 unspecified atom stereocenters. The van der Waals surface area contributed by atoms with Crippen LogP contribution in [0.25, 0.3) is 0 Å². The average molecular weight is 569 g/mol. The van der Waals surface area contributed by atoms with E-state index in [2.05, 4.69) is 107 Å². The van der Waals surface area contributed by atoms with Crippen molar-refractivity contribution in [2.75, 3.05) is 0 Å². The minimum absolute atomic E-state index is 0.0578. The van der Waals surface area contributed by atoms with Gasteiger partial charge in [-0.3, -0.25) is 0 Å². The molecular weight excluding hydrogens is 524 g/mol. The van der Waals surface area contributed by atoms with Crippen LogP contribution in [0.15, 0.2) is 24.3 Å². The largest absolute Gasteiger partial charge is 0.336 e. The summed E-state index contributed by atoms with van der Waals surface area (Å²) in [4.78, 5) is 0.552. The first-order chi connectivity index (χ1) is 17.2. The standard InChI is InChI=1S/C32H44OP4/c1-13-28(9,10)27-34-37-30(25-21(5)15-19(3)16-22(25)6)32(29(11,12)14-2)35(27)31(37,33-36(30)32)26-23(7)17-20(4)18-24(26)8/h15-18H,13-14H2,1-12H3. The molecule has 2 aromatic carbocycles. The number of hydrogen-bond acceptors (Lipinski definition) is 1. The van der Waals surface area contributed by atoms with Gasteiger partial charge in [0.25, 0.3) is 0 Å². The Bertz CT molecular complexity index is 1340. The van der Waals surface area contributed by atoms with Crippen molar-refractivity contribution in [1.82, 2.24) is 0 Å². The predicted octanol–water partition coefficient (Wildman–Crippen LogP) is 11.5. The molecule has 4 fully saturated rings. The molecule has 0 saturated carbocycles. The zero-order valence-corrected chi connectivity index (χ0v) is 28.5. The van der Waals surface area contributed by atoms with Crippen LogP contribution < -0.4 is 0 Å². The van der Waals surface area contributed by atoms with Crippen molar-refractivity contribution in [2.45, 2.75) is 111 Å². The Morgan fingerprint density at radius 2 is 1.24 bits per heavy atom. The molecule has 0 spiro atoms. The maximum Gasteiger partial charge on any atom is 0.149 e. The Morgan fingerprint density at radius 1 is 0.757 bits per heavy atom. The molecule has 1 nitrogen and oxygen atoms in total. The van der Waals surface area contributed by atoms with Crippen LogP contribution in [0, 0.1) is 52.4 Å². The molecule has 0 aliphatic carbocycles. The quantitative estimate of drug-likeness (QED) is 0.315. The van der Waals surface area contributed by atoms with Gasteiger partial charge in [-0.15, -0.1) is 0 Å². The van der Waals surface area contributed by atoms with E-state index >= 15 is 0 Å². The van der Waals surface area contributed by atoms with Crippen LogP contribution in [0.2, 0.25) is 0 Å². The summed E-state index contributed by atoms with van der Waals surface area (Å²) in [5.41, 5.74) is 12.6. The first-order valence-corrected chi connectivity index (χ1v) is 19.6. The van der Waals surface area contributed by atoms with Crippen molar-refractivity contribution in [3.05, 3.63) is 68.8 Å². The zero-order chi connectivity index (χ0) is 27.1. The number of rotatable bonds is 6. The van der Waals surface area contributed by atoms with E-state index in [0.717, 1.165) is 0 Å². The number of hydrogen-bond donors (Lipinski definition) is 0. The Kier molecular flexibility index (Phi) is 5.84. The highest BCUT2D eigenvalue weighted by Gasteiger charge is 3.04. The third-order valence-corrected chi connectivity index (χ3v) is 29.3. The molecule has 5 aliphatic rings. The fourth-order valence-electron chi connectivity index (χ4n) is 8.20. The Hall–Kier alpha value is -0.140. The molecule has 5 heteroatoms. The third kappa shape index (κ3) is 2.81. The van der Waals surface area contributed by atoms with Crippen LogP contribution >= 0.6 is 31.6 Å². The van der Waals surface area contributed by atoms with E-state index in [1.165, 1.54) is 46.2 Å². The van der Waals surface area contributed by atoms with Crippen molar-refractivity contribution in [3.8, 4) is 0 Å². The summed E-state index contributed by atoms with van der Waals surface area (Å²) in [5.74, 6) is 0. The van der Waals surface area contributed by atoms with Gasteiger partial charge in [0.05, 0.1) is 17.9 Å². The molecule has 6 atom stereocenters. The fourth-order valence-corrected chi connectivity index (χ4v) is 36.5. The van der Waals surface area contributed by atoms with Crippen molar-refractivity contribution in [2.24, 2.45) is 10.8 Å². The topological polar surface area (TPSA) is 9.23 Å². The van der Waals surface area contributed by atoms with E-state index in [1.807, 2.05) is 5.03 Å². The van der Waals surface area contributed by atoms with Crippen LogP contribution in [0.4, 0.5) is 0 Å². The van der Waals surface area contributed by atoms with Gasteiger partial charge in [-0.2, -0.15) is 0 Å². The van der Waals surface area contributed by atoms with Crippen molar-refractivity contribution >= 4 is 36.6 Å². The second-order valence-corrected chi connectivity index (χ2v) is 23.7. The Morgan fingerprint density at radius 3 is 1.70 bits per heavy atom. The smallest absolute Gasteiger partial charge is 0.149 e. The first kappa shape index (κ1) is 27.1. The van der Waals surface area contributed by atoms with Crippen molar-refractivity contribution in [3.63, 3.8) is 0 Å². The summed E-state index contributed by atoms with van der Waals surface area (Å²) in [5, 5.41) is 1.83. The van der Waals surface area contributed by atoms with E-state index in [0.29, 0.717) is 4.90 Å². The SMILES string of the molecule is CCC(C)(C)C1=PP2C3(c4c(C)cc(C)cc4C)OP4C2(c2c(C)cc(C)cc2C)C4(C(C)(C)CC)P13. The monoisotopic (exact) mass is 568 g/mol. The lowest BCUT2D eigenvalue weighted by Crippen LogP contribution is -2.38. The zero-order valence-electron chi connectivity index (χ0n) is 24.9. The molecule has 0 radical (unpaired) electrons. The normalized spacial score (nSPS) is 35.8. The second kappa shape index (κ2) is 7.99. The summed E-state index contributed by atoms with van der Waals surface area (Å²) in [6.07, 6.45) is 2.44. The Balaban J connectivity index is 1.74. The van der Waals surface area contributed by atoms with Crippen LogP contribution in [-0.2, 0) is 14.5 Å². The molecule has 37 heavy (non-hydrogen) atoms. The van der Waals surface area contributed by atoms with Crippen LogP contribution in [-0.4, -0.2) is 9.93 Å². The van der Waals surface area contributed by atoms with Gasteiger partial charge < -0.3 is 4.52 Å². The van der Waals surface area contributed by atoms with Gasteiger partial charge in [-0.1, -0.05) is 84.8 Å². The number of aryl methyl sites for hydroxylation is 6. The minimum Gasteiger partial charge on any atom is -0.336 e. The van der Waals surface area contributed by atoms with Crippen molar-refractivity contribution in [1.29, 1.82) is 0 Å². The molecule has 5 heterocycles. The van der Waals surface area contributed by atoms with Crippen LogP contribution in [0.5, 0.6) is 0 Å². The summed E-state index contributed by atoms with van der Waals surface area (Å²) in [6.45, 7) is 29.3. The van der Waals surface area contributed by atoms with Crippen LogP contribution in [0.1, 0.15) is 98.9 Å². The molecule has 2 aromatic rings. The van der Waals surface area contributed by atoms with E-state index in [1.54, 1.807) is 19.0 Å². The number of benzene rings is 2. The van der Waals surface area contributed by atoms with E-state index in [4.69, 9.17) is 4.52 Å². The molecular formula is C32H44OP4. The predicted molar refractivity (Wildman–Crippen MR) is 169 cm³/mol. The van der Waals surface area contributed by atoms with Gasteiger partial charge in [0.15, 0.2) is 0 Å².